The van der Waals surface area contributed by atoms with Crippen LogP contribution in [0.25, 0.3) is 0 Å². The minimum Gasteiger partial charge on any atom is -0.383 e. The maximum absolute atomic E-state index is 5.37. The Labute approximate surface area is 119 Å². The average Bonchev–Trinajstić information content (AvgIpc) is 2.87. The summed E-state index contributed by atoms with van der Waals surface area (Å²) in [5, 5.41) is 7.43. The Balaban J connectivity index is 1.52. The summed E-state index contributed by atoms with van der Waals surface area (Å²) in [6.45, 7) is 1.36. The Morgan fingerprint density at radius 1 is 1.20 bits per heavy atom. The lowest BCUT2D eigenvalue weighted by molar-refractivity contribution is -0.0103. The molecule has 0 aromatic carbocycles. The monoisotopic (exact) mass is 277 g/mol. The molecule has 0 aliphatic heterocycles. The van der Waals surface area contributed by atoms with Crippen LogP contribution in [0.1, 0.15) is 44.3 Å². The number of ether oxygens (including phenoxy) is 1. The normalized spacial score (nSPS) is 38.4. The van der Waals surface area contributed by atoms with Gasteiger partial charge in [-0.3, -0.25) is 0 Å². The molecule has 1 aromatic heterocycles. The van der Waals surface area contributed by atoms with Gasteiger partial charge in [0.05, 0.1) is 6.61 Å². The maximum atomic E-state index is 5.37. The van der Waals surface area contributed by atoms with Crippen molar-refractivity contribution in [3.63, 3.8) is 0 Å². The van der Waals surface area contributed by atoms with Gasteiger partial charge in [-0.25, -0.2) is 0 Å². The molecule has 4 aliphatic carbocycles. The number of anilines is 1. The van der Waals surface area contributed by atoms with Crippen LogP contribution >= 0.6 is 0 Å². The first-order valence-electron chi connectivity index (χ1n) is 7.84. The van der Waals surface area contributed by atoms with E-state index < -0.39 is 0 Å². The van der Waals surface area contributed by atoms with E-state index in [1.54, 1.807) is 7.11 Å². The third-order valence-electron chi connectivity index (χ3n) is 5.52. The third-order valence-corrected chi connectivity index (χ3v) is 5.52. The number of nitrogens with zero attached hydrogens (tertiary/aromatic N) is 2. The van der Waals surface area contributed by atoms with Crippen molar-refractivity contribution < 1.29 is 9.26 Å². The SMILES string of the molecule is COCCNc1nc(C23CC4CC(CC(C4)C2)C3)no1. The predicted molar refractivity (Wildman–Crippen MR) is 74.5 cm³/mol. The van der Waals surface area contributed by atoms with Crippen LogP contribution in [0, 0.1) is 17.8 Å². The molecule has 1 aromatic rings. The lowest BCUT2D eigenvalue weighted by Gasteiger charge is -2.55. The average molecular weight is 277 g/mol. The summed E-state index contributed by atoms with van der Waals surface area (Å²) in [7, 11) is 1.69. The van der Waals surface area contributed by atoms with E-state index in [2.05, 4.69) is 15.5 Å². The topological polar surface area (TPSA) is 60.2 Å². The zero-order valence-electron chi connectivity index (χ0n) is 12.1. The van der Waals surface area contributed by atoms with Crippen molar-refractivity contribution in [2.24, 2.45) is 17.8 Å². The fourth-order valence-corrected chi connectivity index (χ4v) is 5.16. The third kappa shape index (κ3) is 2.03. The quantitative estimate of drug-likeness (QED) is 0.838. The van der Waals surface area contributed by atoms with Gasteiger partial charge in [-0.05, 0) is 56.3 Å². The van der Waals surface area contributed by atoms with Crippen LogP contribution < -0.4 is 5.32 Å². The van der Waals surface area contributed by atoms with Crippen LogP contribution in [0.2, 0.25) is 0 Å². The Hall–Kier alpha value is -1.10. The summed E-state index contributed by atoms with van der Waals surface area (Å²) in [4.78, 5) is 4.63. The summed E-state index contributed by atoms with van der Waals surface area (Å²) in [5.74, 6) is 3.68. The maximum Gasteiger partial charge on any atom is 0.321 e. The lowest BCUT2D eigenvalue weighted by atomic mass is 9.49. The molecule has 20 heavy (non-hydrogen) atoms. The number of methoxy groups -OCH3 is 1. The summed E-state index contributed by atoms with van der Waals surface area (Å²) in [6, 6.07) is 0.549. The van der Waals surface area contributed by atoms with E-state index in [0.29, 0.717) is 19.2 Å². The second-order valence-corrected chi connectivity index (χ2v) is 7.04. The van der Waals surface area contributed by atoms with Crippen molar-refractivity contribution in [3.8, 4) is 0 Å². The van der Waals surface area contributed by atoms with Crippen molar-refractivity contribution >= 4 is 6.01 Å². The number of hydrogen-bond donors (Lipinski definition) is 1. The van der Waals surface area contributed by atoms with Crippen LogP contribution in [-0.4, -0.2) is 30.4 Å². The van der Waals surface area contributed by atoms with Crippen molar-refractivity contribution in [1.82, 2.24) is 10.1 Å². The van der Waals surface area contributed by atoms with Crippen molar-refractivity contribution in [2.75, 3.05) is 25.6 Å². The number of hydrogen-bond acceptors (Lipinski definition) is 5. The summed E-state index contributed by atoms with van der Waals surface area (Å²) in [5.41, 5.74) is 0.222. The highest BCUT2D eigenvalue weighted by atomic mass is 16.5. The highest BCUT2D eigenvalue weighted by Crippen LogP contribution is 2.60. The largest absolute Gasteiger partial charge is 0.383 e. The van der Waals surface area contributed by atoms with E-state index in [-0.39, 0.29) is 5.41 Å². The Morgan fingerprint density at radius 2 is 1.85 bits per heavy atom. The summed E-state index contributed by atoms with van der Waals surface area (Å²) < 4.78 is 10.4. The van der Waals surface area contributed by atoms with Gasteiger partial charge in [-0.15, -0.1) is 0 Å². The highest BCUT2D eigenvalue weighted by Gasteiger charge is 2.53. The van der Waals surface area contributed by atoms with E-state index >= 15 is 0 Å². The van der Waals surface area contributed by atoms with Gasteiger partial charge in [-0.1, -0.05) is 5.16 Å². The van der Waals surface area contributed by atoms with Crippen LogP contribution in [0.15, 0.2) is 4.52 Å². The van der Waals surface area contributed by atoms with Crippen LogP contribution in [-0.2, 0) is 10.2 Å². The lowest BCUT2D eigenvalue weighted by Crippen LogP contribution is -2.49. The van der Waals surface area contributed by atoms with Crippen molar-refractivity contribution in [1.29, 1.82) is 0 Å². The molecule has 5 heteroatoms. The number of rotatable bonds is 5. The first-order chi connectivity index (χ1) is 9.77. The van der Waals surface area contributed by atoms with Crippen LogP contribution in [0.5, 0.6) is 0 Å². The molecule has 4 aliphatic rings. The van der Waals surface area contributed by atoms with Gasteiger partial charge in [0.15, 0.2) is 5.82 Å². The fraction of sp³-hybridized carbons (Fsp3) is 0.867. The second-order valence-electron chi connectivity index (χ2n) is 7.04. The molecular weight excluding hydrogens is 254 g/mol. The van der Waals surface area contributed by atoms with Crippen LogP contribution in [0.4, 0.5) is 6.01 Å². The summed E-state index contributed by atoms with van der Waals surface area (Å²) >= 11 is 0. The Kier molecular flexibility index (Phi) is 2.98. The smallest absolute Gasteiger partial charge is 0.321 e. The van der Waals surface area contributed by atoms with Crippen LogP contribution in [0.3, 0.4) is 0 Å². The molecular formula is C15H23N3O2. The van der Waals surface area contributed by atoms with Crippen molar-refractivity contribution in [2.45, 2.75) is 43.9 Å². The second kappa shape index (κ2) is 4.72. The van der Waals surface area contributed by atoms with Gasteiger partial charge >= 0.3 is 6.01 Å². The molecule has 1 heterocycles. The van der Waals surface area contributed by atoms with E-state index in [1.807, 2.05) is 0 Å². The molecule has 4 saturated carbocycles. The first kappa shape index (κ1) is 12.6. The number of nitrogens with one attached hydrogen (secondary N) is 1. The molecule has 0 spiro atoms. The van der Waals surface area contributed by atoms with Gasteiger partial charge in [0, 0.05) is 19.1 Å². The minimum atomic E-state index is 0.222. The molecule has 0 unspecified atom stereocenters. The molecule has 4 fully saturated rings. The van der Waals surface area contributed by atoms with Gasteiger partial charge in [0.25, 0.3) is 0 Å². The van der Waals surface area contributed by atoms with Gasteiger partial charge in [0.1, 0.15) is 0 Å². The molecule has 0 saturated heterocycles. The predicted octanol–water partition coefficient (Wildman–Crippen LogP) is 2.60. The van der Waals surface area contributed by atoms with Gasteiger partial charge in [-0.2, -0.15) is 4.98 Å². The molecule has 110 valence electrons. The first-order valence-corrected chi connectivity index (χ1v) is 7.84. The molecule has 5 rings (SSSR count). The summed E-state index contributed by atoms with van der Waals surface area (Å²) in [6.07, 6.45) is 8.14. The highest BCUT2D eigenvalue weighted by molar-refractivity contribution is 5.24. The molecule has 4 bridgehead atoms. The minimum absolute atomic E-state index is 0.222. The van der Waals surface area contributed by atoms with E-state index in [4.69, 9.17) is 9.26 Å². The molecule has 5 nitrogen and oxygen atoms in total. The van der Waals surface area contributed by atoms with Gasteiger partial charge in [0.2, 0.25) is 0 Å². The standard InChI is InChI=1S/C15H23N3O2/c1-19-3-2-16-14-17-13(18-20-14)15-7-10-4-11(8-15)6-12(5-10)9-15/h10-12H,2-9H2,1H3,(H,16,17,18). The fourth-order valence-electron chi connectivity index (χ4n) is 5.16. The molecule has 0 amide bonds. The van der Waals surface area contributed by atoms with E-state index in [1.165, 1.54) is 38.5 Å². The van der Waals surface area contributed by atoms with E-state index in [0.717, 1.165) is 23.6 Å². The molecule has 1 N–H and O–H groups in total. The molecule has 0 radical (unpaired) electrons. The van der Waals surface area contributed by atoms with E-state index in [9.17, 15) is 0 Å². The van der Waals surface area contributed by atoms with Crippen molar-refractivity contribution in [3.05, 3.63) is 5.82 Å². The zero-order chi connectivity index (χ0) is 13.6. The molecule has 0 atom stereocenters. The number of aromatic nitrogens is 2. The Morgan fingerprint density at radius 3 is 2.45 bits per heavy atom. The van der Waals surface area contributed by atoms with Gasteiger partial charge < -0.3 is 14.6 Å². The Bertz CT molecular complexity index is 450. The zero-order valence-corrected chi connectivity index (χ0v) is 12.1.